The Morgan fingerprint density at radius 3 is 3.00 bits per heavy atom. The van der Waals surface area contributed by atoms with Crippen LogP contribution in [0.4, 0.5) is 0 Å². The Labute approximate surface area is 136 Å². The molecule has 1 atom stereocenters. The van der Waals surface area contributed by atoms with Gasteiger partial charge in [0.15, 0.2) is 0 Å². The predicted octanol–water partition coefficient (Wildman–Crippen LogP) is 1.86. The van der Waals surface area contributed by atoms with Crippen molar-refractivity contribution >= 4 is 23.2 Å². The fourth-order valence-corrected chi connectivity index (χ4v) is 3.45. The summed E-state index contributed by atoms with van der Waals surface area (Å²) < 4.78 is 0. The zero-order valence-corrected chi connectivity index (χ0v) is 14.0. The maximum Gasteiger partial charge on any atom is 0.261 e. The van der Waals surface area contributed by atoms with Crippen molar-refractivity contribution in [2.45, 2.75) is 38.6 Å². The maximum atomic E-state index is 11.8. The van der Waals surface area contributed by atoms with E-state index in [4.69, 9.17) is 0 Å². The van der Waals surface area contributed by atoms with Gasteiger partial charge < -0.3 is 10.6 Å². The second-order valence-electron chi connectivity index (χ2n) is 5.57. The van der Waals surface area contributed by atoms with Crippen molar-refractivity contribution in [3.63, 3.8) is 0 Å². The van der Waals surface area contributed by atoms with Crippen LogP contribution >= 0.6 is 11.3 Å². The summed E-state index contributed by atoms with van der Waals surface area (Å²) in [6, 6.07) is 4.15. The second-order valence-corrected chi connectivity index (χ2v) is 6.51. The average Bonchev–Trinajstić information content (AvgIpc) is 3.19. The molecule has 0 aromatic carbocycles. The highest BCUT2D eigenvalue weighted by atomic mass is 32.1. The highest BCUT2D eigenvalue weighted by Gasteiger charge is 2.22. The van der Waals surface area contributed by atoms with E-state index in [1.54, 1.807) is 6.07 Å². The van der Waals surface area contributed by atoms with E-state index < -0.39 is 0 Å². The van der Waals surface area contributed by atoms with E-state index in [9.17, 15) is 9.59 Å². The van der Waals surface area contributed by atoms with Crippen molar-refractivity contribution < 1.29 is 9.59 Å². The lowest BCUT2D eigenvalue weighted by Crippen LogP contribution is -2.40. The fraction of sp³-hybridized carbons (Fsp3) is 0.625. The largest absolute Gasteiger partial charge is 0.355 e. The van der Waals surface area contributed by atoms with Crippen LogP contribution in [0.3, 0.4) is 0 Å². The van der Waals surface area contributed by atoms with E-state index >= 15 is 0 Å². The summed E-state index contributed by atoms with van der Waals surface area (Å²) in [5.74, 6) is 0.0216. The lowest BCUT2D eigenvalue weighted by Gasteiger charge is -2.22. The van der Waals surface area contributed by atoms with Crippen molar-refractivity contribution in [3.8, 4) is 0 Å². The summed E-state index contributed by atoms with van der Waals surface area (Å²) in [4.78, 5) is 26.7. The van der Waals surface area contributed by atoms with Gasteiger partial charge in [-0.2, -0.15) is 0 Å². The van der Waals surface area contributed by atoms with Crippen molar-refractivity contribution in [3.05, 3.63) is 22.4 Å². The van der Waals surface area contributed by atoms with Crippen molar-refractivity contribution in [1.29, 1.82) is 0 Å². The van der Waals surface area contributed by atoms with Crippen LogP contribution in [0, 0.1) is 0 Å². The molecule has 5 nitrogen and oxygen atoms in total. The minimum absolute atomic E-state index is 0.0556. The van der Waals surface area contributed by atoms with Gasteiger partial charge in [0.25, 0.3) is 5.91 Å². The van der Waals surface area contributed by atoms with E-state index in [1.165, 1.54) is 24.2 Å². The van der Waals surface area contributed by atoms with Gasteiger partial charge in [-0.3, -0.25) is 14.5 Å². The first-order valence-electron chi connectivity index (χ1n) is 8.03. The zero-order chi connectivity index (χ0) is 15.8. The summed E-state index contributed by atoms with van der Waals surface area (Å²) in [5.41, 5.74) is 0. The van der Waals surface area contributed by atoms with Gasteiger partial charge in [-0.1, -0.05) is 13.0 Å². The Kier molecular flexibility index (Phi) is 6.86. The highest BCUT2D eigenvalue weighted by Crippen LogP contribution is 2.15. The van der Waals surface area contributed by atoms with Crippen LogP contribution < -0.4 is 10.6 Å². The monoisotopic (exact) mass is 323 g/mol. The summed E-state index contributed by atoms with van der Waals surface area (Å²) in [6.45, 7) is 5.64. The number of hydrogen-bond donors (Lipinski definition) is 2. The van der Waals surface area contributed by atoms with Crippen LogP contribution in [-0.4, -0.2) is 48.9 Å². The smallest absolute Gasteiger partial charge is 0.261 e. The maximum absolute atomic E-state index is 11.8. The van der Waals surface area contributed by atoms with Crippen molar-refractivity contribution in [2.24, 2.45) is 0 Å². The van der Waals surface area contributed by atoms with Gasteiger partial charge in [-0.25, -0.2) is 0 Å². The van der Waals surface area contributed by atoms with Crippen molar-refractivity contribution in [2.75, 3.05) is 26.2 Å². The first kappa shape index (κ1) is 17.0. The predicted molar refractivity (Wildman–Crippen MR) is 89.2 cm³/mol. The third-order valence-electron chi connectivity index (χ3n) is 4.05. The summed E-state index contributed by atoms with van der Waals surface area (Å²) in [6.07, 6.45) is 3.53. The minimum atomic E-state index is -0.0556. The molecular weight excluding hydrogens is 298 g/mol. The van der Waals surface area contributed by atoms with Crippen LogP contribution in [0.25, 0.3) is 0 Å². The fourth-order valence-electron chi connectivity index (χ4n) is 2.81. The molecule has 1 aromatic rings. The molecule has 1 aliphatic heterocycles. The Bertz CT molecular complexity index is 476. The quantitative estimate of drug-likeness (QED) is 0.718. The molecule has 0 spiro atoms. The lowest BCUT2D eigenvalue weighted by atomic mass is 10.2. The van der Waals surface area contributed by atoms with Gasteiger partial charge in [0, 0.05) is 25.6 Å². The Morgan fingerprint density at radius 1 is 1.41 bits per heavy atom. The van der Waals surface area contributed by atoms with Gasteiger partial charge in [0.05, 0.1) is 4.88 Å². The van der Waals surface area contributed by atoms with E-state index in [0.29, 0.717) is 30.3 Å². The normalized spacial score (nSPS) is 18.3. The van der Waals surface area contributed by atoms with Gasteiger partial charge in [0.1, 0.15) is 0 Å². The highest BCUT2D eigenvalue weighted by molar-refractivity contribution is 7.12. The number of thiophene rings is 1. The topological polar surface area (TPSA) is 61.4 Å². The van der Waals surface area contributed by atoms with Crippen LogP contribution in [0.1, 0.15) is 42.3 Å². The number of hydrogen-bond acceptors (Lipinski definition) is 4. The molecule has 1 aliphatic rings. The number of likely N-dealkylation sites (N-methyl/N-ethyl adjacent to an activating group) is 1. The molecule has 2 heterocycles. The molecule has 0 bridgehead atoms. The number of rotatable bonds is 8. The van der Waals surface area contributed by atoms with Crippen molar-refractivity contribution in [1.82, 2.24) is 15.5 Å². The Hall–Kier alpha value is -1.40. The van der Waals surface area contributed by atoms with Gasteiger partial charge in [-0.05, 0) is 43.8 Å². The summed E-state index contributed by atoms with van der Waals surface area (Å²) in [7, 11) is 0. The molecule has 1 saturated heterocycles. The van der Waals surface area contributed by atoms with Gasteiger partial charge in [-0.15, -0.1) is 11.3 Å². The average molecular weight is 323 g/mol. The van der Waals surface area contributed by atoms with Crippen LogP contribution in [0.15, 0.2) is 17.5 Å². The number of carbonyl (C=O) groups is 2. The summed E-state index contributed by atoms with van der Waals surface area (Å²) in [5, 5.41) is 7.73. The Morgan fingerprint density at radius 2 is 2.27 bits per heavy atom. The van der Waals surface area contributed by atoms with Gasteiger partial charge >= 0.3 is 0 Å². The lowest BCUT2D eigenvalue weighted by molar-refractivity contribution is -0.121. The zero-order valence-electron chi connectivity index (χ0n) is 13.1. The molecule has 1 unspecified atom stereocenters. The minimum Gasteiger partial charge on any atom is -0.355 e. The number of nitrogens with zero attached hydrogens (tertiary/aromatic N) is 1. The third kappa shape index (κ3) is 5.10. The van der Waals surface area contributed by atoms with E-state index in [0.717, 1.165) is 19.6 Å². The molecule has 1 aromatic heterocycles. The Balaban J connectivity index is 1.55. The molecule has 0 radical (unpaired) electrons. The first-order valence-corrected chi connectivity index (χ1v) is 8.91. The summed E-state index contributed by atoms with van der Waals surface area (Å²) >= 11 is 1.42. The molecule has 6 heteroatoms. The number of nitrogens with one attached hydrogen (secondary N) is 2. The SMILES string of the molecule is CCN1CCCC1CNC(=O)CCCNC(=O)c1cccs1. The number of amides is 2. The molecule has 2 amide bonds. The van der Waals surface area contributed by atoms with Gasteiger partial charge in [0.2, 0.25) is 5.91 Å². The van der Waals surface area contributed by atoms with Crippen LogP contribution in [0.2, 0.25) is 0 Å². The first-order chi connectivity index (χ1) is 10.7. The number of carbonyl (C=O) groups excluding carboxylic acids is 2. The standard InChI is InChI=1S/C16H25N3O2S/c1-2-19-10-4-6-13(19)12-18-15(20)8-3-9-17-16(21)14-7-5-11-22-14/h5,7,11,13H,2-4,6,8-10,12H2,1H3,(H,17,21)(H,18,20). The molecule has 2 N–H and O–H groups in total. The van der Waals surface area contributed by atoms with E-state index in [1.807, 2.05) is 11.4 Å². The van der Waals surface area contributed by atoms with Crippen LogP contribution in [0.5, 0.6) is 0 Å². The molecule has 0 aliphatic carbocycles. The molecule has 22 heavy (non-hydrogen) atoms. The third-order valence-corrected chi connectivity index (χ3v) is 4.92. The second kappa shape index (κ2) is 8.90. The molecule has 0 saturated carbocycles. The molecular formula is C16H25N3O2S. The molecule has 2 rings (SSSR count). The van der Waals surface area contributed by atoms with E-state index in [-0.39, 0.29) is 11.8 Å². The van der Waals surface area contributed by atoms with E-state index in [2.05, 4.69) is 22.5 Å². The van der Waals surface area contributed by atoms with Crippen LogP contribution in [-0.2, 0) is 4.79 Å². The number of likely N-dealkylation sites (tertiary alicyclic amines) is 1. The molecule has 122 valence electrons. The molecule has 1 fully saturated rings.